The van der Waals surface area contributed by atoms with Crippen LogP contribution in [-0.4, -0.2) is 51.3 Å². The molecular formula is C25H28N6O2. The van der Waals surface area contributed by atoms with Gasteiger partial charge in [0.1, 0.15) is 12.5 Å². The summed E-state index contributed by atoms with van der Waals surface area (Å²) in [6.07, 6.45) is 4.47. The van der Waals surface area contributed by atoms with Crippen LogP contribution in [0.4, 0.5) is 5.82 Å². The number of amides is 1. The molecule has 2 aliphatic heterocycles. The quantitative estimate of drug-likeness (QED) is 0.612. The predicted octanol–water partition coefficient (Wildman–Crippen LogP) is 3.71. The highest BCUT2D eigenvalue weighted by atomic mass is 16.5. The van der Waals surface area contributed by atoms with E-state index in [1.807, 2.05) is 61.0 Å². The lowest BCUT2D eigenvalue weighted by Gasteiger charge is -2.35. The standard InChI is InChI=1S/C25H28N6O2/c1-16-7-8-17(2)20(10-16)25(32)30-9-5-4-6-22(30)21-11-23-27-24(18(3)13-31(23)28-21)29-14-19(12-26)33-15-29/h7-8,10-11,13,19,22H,4-6,9,14-15H2,1-3H3/t19?,22-/m0/s1. The minimum Gasteiger partial charge on any atom is -0.341 e. The third-order valence-electron chi connectivity index (χ3n) is 6.61. The molecule has 2 atom stereocenters. The van der Waals surface area contributed by atoms with E-state index < -0.39 is 6.10 Å². The number of carbonyl (C=O) groups excluding carboxylic acids is 1. The van der Waals surface area contributed by atoms with Gasteiger partial charge in [-0.1, -0.05) is 17.7 Å². The van der Waals surface area contributed by atoms with Crippen molar-refractivity contribution in [1.29, 1.82) is 5.26 Å². The number of anilines is 1. The van der Waals surface area contributed by atoms with Crippen molar-refractivity contribution in [2.24, 2.45) is 0 Å². The number of rotatable bonds is 3. The number of aromatic nitrogens is 3. The van der Waals surface area contributed by atoms with Crippen molar-refractivity contribution in [1.82, 2.24) is 19.5 Å². The topological polar surface area (TPSA) is 86.8 Å². The first-order valence-corrected chi connectivity index (χ1v) is 11.5. The molecule has 0 radical (unpaired) electrons. The number of nitrogens with zero attached hydrogens (tertiary/aromatic N) is 6. The highest BCUT2D eigenvalue weighted by Gasteiger charge is 2.32. The Morgan fingerprint density at radius 2 is 2.03 bits per heavy atom. The van der Waals surface area contributed by atoms with Gasteiger partial charge in [-0.05, 0) is 51.7 Å². The second-order valence-electron chi connectivity index (χ2n) is 9.08. The number of likely N-dealkylation sites (tertiary alicyclic amines) is 1. The summed E-state index contributed by atoms with van der Waals surface area (Å²) in [6, 6.07) is 10.1. The number of hydrogen-bond acceptors (Lipinski definition) is 6. The van der Waals surface area contributed by atoms with Crippen molar-refractivity contribution in [3.05, 3.63) is 58.4 Å². The first-order valence-electron chi connectivity index (χ1n) is 11.5. The molecule has 8 heteroatoms. The van der Waals surface area contributed by atoms with E-state index in [1.165, 1.54) is 0 Å². The van der Waals surface area contributed by atoms with Gasteiger partial charge in [-0.3, -0.25) is 4.79 Å². The largest absolute Gasteiger partial charge is 0.341 e. The van der Waals surface area contributed by atoms with Crippen molar-refractivity contribution in [2.45, 2.75) is 52.2 Å². The molecule has 2 aromatic heterocycles. The Morgan fingerprint density at radius 3 is 2.82 bits per heavy atom. The molecule has 1 amide bonds. The lowest BCUT2D eigenvalue weighted by Crippen LogP contribution is -2.39. The number of hydrogen-bond donors (Lipinski definition) is 0. The van der Waals surface area contributed by atoms with Crippen LogP contribution in [-0.2, 0) is 4.74 Å². The van der Waals surface area contributed by atoms with E-state index in [0.717, 1.165) is 65.2 Å². The molecule has 0 spiro atoms. The zero-order chi connectivity index (χ0) is 23.1. The Kier molecular flexibility index (Phi) is 5.51. The van der Waals surface area contributed by atoms with E-state index in [0.29, 0.717) is 13.3 Å². The van der Waals surface area contributed by atoms with Crippen molar-refractivity contribution in [2.75, 3.05) is 24.7 Å². The first-order chi connectivity index (χ1) is 15.9. The molecule has 0 bridgehead atoms. The van der Waals surface area contributed by atoms with E-state index in [-0.39, 0.29) is 11.9 Å². The van der Waals surface area contributed by atoms with Gasteiger partial charge in [0, 0.05) is 29.9 Å². The first kappa shape index (κ1) is 21.4. The number of piperidine rings is 1. The molecular weight excluding hydrogens is 416 g/mol. The number of ether oxygens (including phenoxy) is 1. The third-order valence-corrected chi connectivity index (χ3v) is 6.61. The monoisotopic (exact) mass is 444 g/mol. The van der Waals surface area contributed by atoms with Gasteiger partial charge in [-0.15, -0.1) is 0 Å². The van der Waals surface area contributed by atoms with Crippen LogP contribution in [0.3, 0.4) is 0 Å². The molecule has 0 aliphatic carbocycles. The van der Waals surface area contributed by atoms with Gasteiger partial charge in [-0.2, -0.15) is 10.4 Å². The minimum atomic E-state index is -0.435. The zero-order valence-electron chi connectivity index (χ0n) is 19.3. The van der Waals surface area contributed by atoms with Crippen LogP contribution in [0.2, 0.25) is 0 Å². The normalized spacial score (nSPS) is 20.9. The fourth-order valence-electron chi connectivity index (χ4n) is 4.82. The zero-order valence-corrected chi connectivity index (χ0v) is 19.3. The SMILES string of the molecule is Cc1ccc(C)c(C(=O)N2CCCC[C@H]2c2cc3nc(N4COC(C#N)C4)c(C)cn3n2)c1. The molecule has 2 fully saturated rings. The maximum Gasteiger partial charge on any atom is 0.254 e. The van der Waals surface area contributed by atoms with Gasteiger partial charge in [0.25, 0.3) is 5.91 Å². The summed E-state index contributed by atoms with van der Waals surface area (Å²) >= 11 is 0. The summed E-state index contributed by atoms with van der Waals surface area (Å²) in [7, 11) is 0. The number of aryl methyl sites for hydroxylation is 3. The number of fused-ring (bicyclic) bond motifs is 1. The van der Waals surface area contributed by atoms with Crippen LogP contribution < -0.4 is 4.90 Å². The van der Waals surface area contributed by atoms with E-state index in [1.54, 1.807) is 4.52 Å². The average Bonchev–Trinajstić information content (AvgIpc) is 3.46. The van der Waals surface area contributed by atoms with Crippen LogP contribution >= 0.6 is 0 Å². The van der Waals surface area contributed by atoms with Gasteiger partial charge >= 0.3 is 0 Å². The molecule has 5 rings (SSSR count). The van der Waals surface area contributed by atoms with Crippen LogP contribution in [0.5, 0.6) is 0 Å². The summed E-state index contributed by atoms with van der Waals surface area (Å²) in [5, 5.41) is 14.0. The highest BCUT2D eigenvalue weighted by Crippen LogP contribution is 2.33. The molecule has 170 valence electrons. The lowest BCUT2D eigenvalue weighted by molar-refractivity contribution is 0.0605. The van der Waals surface area contributed by atoms with Crippen LogP contribution in [0.1, 0.15) is 58.0 Å². The highest BCUT2D eigenvalue weighted by molar-refractivity contribution is 5.96. The smallest absolute Gasteiger partial charge is 0.254 e. The molecule has 0 N–H and O–H groups in total. The molecule has 0 saturated carbocycles. The Bertz CT molecular complexity index is 1260. The molecule has 8 nitrogen and oxygen atoms in total. The molecule has 1 aromatic carbocycles. The molecule has 4 heterocycles. The van der Waals surface area contributed by atoms with E-state index in [2.05, 4.69) is 6.07 Å². The van der Waals surface area contributed by atoms with Gasteiger partial charge in [0.2, 0.25) is 0 Å². The fraction of sp³-hybridized carbons (Fsp3) is 0.440. The Balaban J connectivity index is 1.47. The van der Waals surface area contributed by atoms with Crippen LogP contribution in [0.15, 0.2) is 30.5 Å². The molecule has 1 unspecified atom stereocenters. The second-order valence-corrected chi connectivity index (χ2v) is 9.08. The van der Waals surface area contributed by atoms with Crippen molar-refractivity contribution >= 4 is 17.4 Å². The Morgan fingerprint density at radius 1 is 1.18 bits per heavy atom. The second kappa shape index (κ2) is 8.49. The minimum absolute atomic E-state index is 0.0690. The lowest BCUT2D eigenvalue weighted by atomic mass is 9.96. The average molecular weight is 445 g/mol. The Labute approximate surface area is 193 Å². The van der Waals surface area contributed by atoms with Crippen molar-refractivity contribution < 1.29 is 9.53 Å². The van der Waals surface area contributed by atoms with Gasteiger partial charge < -0.3 is 14.5 Å². The van der Waals surface area contributed by atoms with Crippen molar-refractivity contribution in [3.8, 4) is 6.07 Å². The van der Waals surface area contributed by atoms with Gasteiger partial charge in [-0.25, -0.2) is 9.50 Å². The summed E-state index contributed by atoms with van der Waals surface area (Å²) in [5.41, 5.74) is 5.41. The maximum absolute atomic E-state index is 13.5. The number of carbonyl (C=O) groups is 1. The molecule has 2 aliphatic rings. The fourth-order valence-corrected chi connectivity index (χ4v) is 4.82. The summed E-state index contributed by atoms with van der Waals surface area (Å²) in [6.45, 7) is 7.57. The number of nitriles is 1. The van der Waals surface area contributed by atoms with Gasteiger partial charge in [0.15, 0.2) is 11.8 Å². The van der Waals surface area contributed by atoms with Crippen LogP contribution in [0, 0.1) is 32.1 Å². The van der Waals surface area contributed by atoms with Crippen molar-refractivity contribution in [3.63, 3.8) is 0 Å². The Hall–Kier alpha value is -3.44. The maximum atomic E-state index is 13.5. The van der Waals surface area contributed by atoms with Crippen LogP contribution in [0.25, 0.3) is 5.65 Å². The van der Waals surface area contributed by atoms with E-state index in [4.69, 9.17) is 20.1 Å². The number of benzene rings is 1. The van der Waals surface area contributed by atoms with Gasteiger partial charge in [0.05, 0.1) is 24.3 Å². The molecule has 2 saturated heterocycles. The van der Waals surface area contributed by atoms with E-state index >= 15 is 0 Å². The molecule has 3 aromatic rings. The summed E-state index contributed by atoms with van der Waals surface area (Å²) in [5.74, 6) is 0.873. The predicted molar refractivity (Wildman–Crippen MR) is 124 cm³/mol. The molecule has 33 heavy (non-hydrogen) atoms. The summed E-state index contributed by atoms with van der Waals surface area (Å²) in [4.78, 5) is 22.3. The third kappa shape index (κ3) is 3.93. The van der Waals surface area contributed by atoms with E-state index in [9.17, 15) is 4.79 Å². The summed E-state index contributed by atoms with van der Waals surface area (Å²) < 4.78 is 7.29.